The number of piperazine rings is 1. The predicted octanol–water partition coefficient (Wildman–Crippen LogP) is 3.01. The van der Waals surface area contributed by atoms with Crippen LogP contribution < -0.4 is 5.73 Å². The number of hydrogen-bond donors (Lipinski definition) is 2. The Morgan fingerprint density at radius 3 is 2.33 bits per heavy atom. The van der Waals surface area contributed by atoms with Gasteiger partial charge in [0.15, 0.2) is 0 Å². The Morgan fingerprint density at radius 1 is 1.22 bits per heavy atom. The number of hydrogen-bond acceptors (Lipinski definition) is 3. The number of guanidine groups is 1. The number of unbranched alkanes of at least 4 members (excludes halogenated alkanes) is 1. The molecule has 27 heavy (non-hydrogen) atoms. The molecular weight excluding hydrogens is 336 g/mol. The molecule has 0 spiro atoms. The molecule has 1 unspecified atom stereocenters. The summed E-state index contributed by atoms with van der Waals surface area (Å²) in [6.07, 6.45) is 6.40. The number of nitrogens with zero attached hydrogens (tertiary/aromatic N) is 4. The fraction of sp³-hybridized carbons (Fsp3) is 0.810. The highest BCUT2D eigenvalue weighted by Crippen LogP contribution is 2.18. The molecule has 0 bridgehead atoms. The van der Waals surface area contributed by atoms with Crippen molar-refractivity contribution in [1.29, 1.82) is 5.41 Å². The second-order valence-electron chi connectivity index (χ2n) is 8.38. The number of nitrogens with one attached hydrogen (secondary N) is 1. The summed E-state index contributed by atoms with van der Waals surface area (Å²) < 4.78 is 0. The molecule has 3 N–H and O–H groups in total. The Balaban J connectivity index is 2.96. The van der Waals surface area contributed by atoms with Crippen LogP contribution >= 0.6 is 0 Å². The van der Waals surface area contributed by atoms with Gasteiger partial charge in [-0.05, 0) is 34.1 Å². The van der Waals surface area contributed by atoms with E-state index in [-0.39, 0.29) is 11.5 Å². The highest BCUT2D eigenvalue weighted by molar-refractivity contribution is 5.96. The maximum atomic E-state index is 8.56. The molecular formula is C21H42N6. The van der Waals surface area contributed by atoms with Gasteiger partial charge >= 0.3 is 0 Å². The van der Waals surface area contributed by atoms with Crippen molar-refractivity contribution in [1.82, 2.24) is 14.7 Å². The SMILES string of the molecule is C/C=C\C(C)C(=NC(=N)N(CCN)CCCC)N1CCN(C(C)(C)C)CC1. The Hall–Kier alpha value is -1.40. The van der Waals surface area contributed by atoms with Crippen LogP contribution in [0.15, 0.2) is 17.1 Å². The van der Waals surface area contributed by atoms with Gasteiger partial charge in [0, 0.05) is 57.3 Å². The van der Waals surface area contributed by atoms with E-state index >= 15 is 0 Å². The molecule has 0 aromatic heterocycles. The molecule has 156 valence electrons. The molecule has 6 nitrogen and oxygen atoms in total. The van der Waals surface area contributed by atoms with Crippen LogP contribution in [-0.4, -0.2) is 77.8 Å². The van der Waals surface area contributed by atoms with E-state index in [9.17, 15) is 0 Å². The lowest BCUT2D eigenvalue weighted by Crippen LogP contribution is -2.55. The lowest BCUT2D eigenvalue weighted by Gasteiger charge is -2.43. The first-order valence-corrected chi connectivity index (χ1v) is 10.5. The standard InChI is InChI=1S/C21H42N6/c1-7-9-12-26(13-11-22)20(23)24-19(18(3)10-8-2)25-14-16-27(17-15-25)21(4,5)6/h8,10,18,23H,7,9,11-17,22H2,1-6H3/b10-8-,23-20?,24-19?. The minimum absolute atomic E-state index is 0.197. The summed E-state index contributed by atoms with van der Waals surface area (Å²) in [5, 5.41) is 8.56. The van der Waals surface area contributed by atoms with Crippen molar-refractivity contribution >= 4 is 11.8 Å². The Labute approximate surface area is 167 Å². The average Bonchev–Trinajstić information content (AvgIpc) is 2.62. The zero-order valence-electron chi connectivity index (χ0n) is 18.5. The predicted molar refractivity (Wildman–Crippen MR) is 118 cm³/mol. The molecule has 0 amide bonds. The third-order valence-corrected chi connectivity index (χ3v) is 5.14. The molecule has 1 aliphatic heterocycles. The monoisotopic (exact) mass is 378 g/mol. The van der Waals surface area contributed by atoms with E-state index < -0.39 is 0 Å². The van der Waals surface area contributed by atoms with Gasteiger partial charge in [0.2, 0.25) is 5.96 Å². The molecule has 1 saturated heterocycles. The van der Waals surface area contributed by atoms with Gasteiger partial charge in [-0.2, -0.15) is 4.99 Å². The molecule has 1 rings (SSSR count). The topological polar surface area (TPSA) is 71.9 Å². The summed E-state index contributed by atoms with van der Waals surface area (Å²) >= 11 is 0. The fourth-order valence-corrected chi connectivity index (χ4v) is 3.45. The van der Waals surface area contributed by atoms with Gasteiger partial charge in [0.1, 0.15) is 5.84 Å². The van der Waals surface area contributed by atoms with Gasteiger partial charge in [0.25, 0.3) is 0 Å². The number of aliphatic imine (C=N–C) groups is 1. The first-order valence-electron chi connectivity index (χ1n) is 10.5. The highest BCUT2D eigenvalue weighted by Gasteiger charge is 2.28. The van der Waals surface area contributed by atoms with Crippen molar-refractivity contribution < 1.29 is 0 Å². The zero-order chi connectivity index (χ0) is 20.4. The summed E-state index contributed by atoms with van der Waals surface area (Å²) in [5.74, 6) is 1.55. The summed E-state index contributed by atoms with van der Waals surface area (Å²) in [7, 11) is 0. The Bertz CT molecular complexity index is 497. The van der Waals surface area contributed by atoms with E-state index in [0.717, 1.165) is 51.4 Å². The molecule has 0 aliphatic carbocycles. The molecule has 6 heteroatoms. The van der Waals surface area contributed by atoms with Crippen LogP contribution in [0.4, 0.5) is 0 Å². The second kappa shape index (κ2) is 11.4. The maximum absolute atomic E-state index is 8.56. The number of allylic oxidation sites excluding steroid dienone is 1. The Morgan fingerprint density at radius 2 is 1.85 bits per heavy atom. The third kappa shape index (κ3) is 7.62. The van der Waals surface area contributed by atoms with Gasteiger partial charge < -0.3 is 15.5 Å². The van der Waals surface area contributed by atoms with E-state index in [4.69, 9.17) is 16.1 Å². The summed E-state index contributed by atoms with van der Waals surface area (Å²) in [5.41, 5.74) is 5.96. The lowest BCUT2D eigenvalue weighted by atomic mass is 10.0. The number of rotatable bonds is 7. The van der Waals surface area contributed by atoms with Crippen LogP contribution in [0.3, 0.4) is 0 Å². The van der Waals surface area contributed by atoms with Crippen molar-refractivity contribution in [2.24, 2.45) is 16.6 Å². The molecule has 1 heterocycles. The molecule has 0 aromatic rings. The quantitative estimate of drug-likeness (QED) is 0.406. The summed E-state index contributed by atoms with van der Waals surface area (Å²) in [4.78, 5) is 11.7. The van der Waals surface area contributed by atoms with Crippen molar-refractivity contribution in [3.8, 4) is 0 Å². The largest absolute Gasteiger partial charge is 0.357 e. The normalized spacial score (nSPS) is 18.2. The molecule has 0 aromatic carbocycles. The van der Waals surface area contributed by atoms with E-state index in [1.807, 2.05) is 11.8 Å². The number of nitrogens with two attached hydrogens (primary N) is 1. The van der Waals surface area contributed by atoms with Crippen LogP contribution in [0.5, 0.6) is 0 Å². The van der Waals surface area contributed by atoms with E-state index in [1.165, 1.54) is 0 Å². The van der Waals surface area contributed by atoms with Crippen molar-refractivity contribution in [3.63, 3.8) is 0 Å². The minimum Gasteiger partial charge on any atom is -0.357 e. The van der Waals surface area contributed by atoms with Crippen molar-refractivity contribution in [2.75, 3.05) is 45.8 Å². The number of amidine groups is 1. The maximum Gasteiger partial charge on any atom is 0.219 e. The summed E-state index contributed by atoms with van der Waals surface area (Å²) in [6.45, 7) is 19.2. The molecule has 0 saturated carbocycles. The van der Waals surface area contributed by atoms with E-state index in [1.54, 1.807) is 0 Å². The van der Waals surface area contributed by atoms with Gasteiger partial charge in [-0.1, -0.05) is 32.4 Å². The van der Waals surface area contributed by atoms with Crippen LogP contribution in [0, 0.1) is 11.3 Å². The average molecular weight is 379 g/mol. The highest BCUT2D eigenvalue weighted by atomic mass is 15.3. The first kappa shape index (κ1) is 23.6. The van der Waals surface area contributed by atoms with Crippen LogP contribution in [-0.2, 0) is 0 Å². The van der Waals surface area contributed by atoms with Crippen LogP contribution in [0.2, 0.25) is 0 Å². The lowest BCUT2D eigenvalue weighted by molar-refractivity contribution is 0.0871. The van der Waals surface area contributed by atoms with Crippen molar-refractivity contribution in [3.05, 3.63) is 12.2 Å². The minimum atomic E-state index is 0.197. The first-order chi connectivity index (χ1) is 12.7. The molecule has 0 radical (unpaired) electrons. The third-order valence-electron chi connectivity index (χ3n) is 5.14. The van der Waals surface area contributed by atoms with Crippen LogP contribution in [0.1, 0.15) is 54.4 Å². The van der Waals surface area contributed by atoms with Crippen LogP contribution in [0.25, 0.3) is 0 Å². The zero-order valence-corrected chi connectivity index (χ0v) is 18.5. The summed E-state index contributed by atoms with van der Waals surface area (Å²) in [6, 6.07) is 0. The van der Waals surface area contributed by atoms with Gasteiger partial charge in [-0.25, -0.2) is 0 Å². The van der Waals surface area contributed by atoms with E-state index in [2.05, 4.69) is 56.6 Å². The van der Waals surface area contributed by atoms with E-state index in [0.29, 0.717) is 19.0 Å². The molecule has 1 fully saturated rings. The molecule has 1 aliphatic rings. The Kier molecular flexibility index (Phi) is 10.0. The van der Waals surface area contributed by atoms with Crippen molar-refractivity contribution in [2.45, 2.75) is 59.9 Å². The van der Waals surface area contributed by atoms with Gasteiger partial charge in [-0.15, -0.1) is 0 Å². The van der Waals surface area contributed by atoms with Gasteiger partial charge in [-0.3, -0.25) is 10.3 Å². The van der Waals surface area contributed by atoms with Gasteiger partial charge in [0.05, 0.1) is 0 Å². The fourth-order valence-electron chi connectivity index (χ4n) is 3.45. The smallest absolute Gasteiger partial charge is 0.219 e. The second-order valence-corrected chi connectivity index (χ2v) is 8.38. The molecule has 1 atom stereocenters.